The van der Waals surface area contributed by atoms with Gasteiger partial charge >= 0.3 is 6.09 Å². The predicted octanol–water partition coefficient (Wildman–Crippen LogP) is 1.60. The molecular weight excluding hydrogens is 192 g/mol. The van der Waals surface area contributed by atoms with Crippen LogP contribution in [0, 0.1) is 0 Å². The Morgan fingerprint density at radius 3 is 2.53 bits per heavy atom. The molecule has 1 amide bonds. The number of nitrogens with zero attached hydrogens (tertiary/aromatic N) is 1. The summed E-state index contributed by atoms with van der Waals surface area (Å²) in [5.41, 5.74) is -0.412. The van der Waals surface area contributed by atoms with Crippen LogP contribution in [-0.2, 0) is 4.74 Å². The lowest BCUT2D eigenvalue weighted by Crippen LogP contribution is -2.57. The summed E-state index contributed by atoms with van der Waals surface area (Å²) in [6.45, 7) is 11.3. The number of carbonyl (C=O) groups is 1. The van der Waals surface area contributed by atoms with Crippen LogP contribution in [0.4, 0.5) is 4.79 Å². The molecule has 0 aromatic carbocycles. The van der Waals surface area contributed by atoms with Gasteiger partial charge in [0.15, 0.2) is 0 Å². The summed E-state index contributed by atoms with van der Waals surface area (Å²) in [4.78, 5) is 13.6. The minimum absolute atomic E-state index is 0.205. The molecule has 0 bridgehead atoms. The van der Waals surface area contributed by atoms with Crippen LogP contribution in [0.1, 0.15) is 34.6 Å². The van der Waals surface area contributed by atoms with E-state index in [9.17, 15) is 4.79 Å². The molecule has 1 heterocycles. The lowest BCUT2D eigenvalue weighted by Gasteiger charge is -2.38. The van der Waals surface area contributed by atoms with Gasteiger partial charge < -0.3 is 15.0 Å². The summed E-state index contributed by atoms with van der Waals surface area (Å²) >= 11 is 0. The Balaban J connectivity index is 2.57. The lowest BCUT2D eigenvalue weighted by molar-refractivity contribution is 0.0104. The van der Waals surface area contributed by atoms with E-state index in [0.29, 0.717) is 6.04 Å². The normalized spacial score (nSPS) is 27.7. The van der Waals surface area contributed by atoms with Gasteiger partial charge in [-0.15, -0.1) is 0 Å². The third-order valence-corrected chi connectivity index (χ3v) is 2.39. The Kier molecular flexibility index (Phi) is 3.60. The molecule has 0 saturated carbocycles. The topological polar surface area (TPSA) is 41.6 Å². The number of hydrogen-bond acceptors (Lipinski definition) is 3. The van der Waals surface area contributed by atoms with Crippen molar-refractivity contribution in [3.05, 3.63) is 0 Å². The van der Waals surface area contributed by atoms with Crippen molar-refractivity contribution in [1.29, 1.82) is 0 Å². The SMILES string of the molecule is CC1CN(C(=O)OC(C)(C)C)[C@H](C)CN1. The molecule has 0 radical (unpaired) electrons. The number of rotatable bonds is 0. The van der Waals surface area contributed by atoms with Gasteiger partial charge in [-0.3, -0.25) is 0 Å². The third-order valence-electron chi connectivity index (χ3n) is 2.39. The molecule has 88 valence electrons. The van der Waals surface area contributed by atoms with Gasteiger partial charge in [0.2, 0.25) is 0 Å². The van der Waals surface area contributed by atoms with Gasteiger partial charge in [0.25, 0.3) is 0 Å². The zero-order valence-corrected chi connectivity index (χ0v) is 10.3. The van der Waals surface area contributed by atoms with Crippen molar-refractivity contribution in [2.24, 2.45) is 0 Å². The average Bonchev–Trinajstić information content (AvgIpc) is 2.06. The maximum atomic E-state index is 11.8. The fraction of sp³-hybridized carbons (Fsp3) is 0.909. The van der Waals surface area contributed by atoms with Crippen molar-refractivity contribution >= 4 is 6.09 Å². The first-order chi connectivity index (χ1) is 6.79. The molecule has 4 nitrogen and oxygen atoms in total. The summed E-state index contributed by atoms with van der Waals surface area (Å²) < 4.78 is 5.36. The van der Waals surface area contributed by atoms with E-state index in [1.54, 1.807) is 4.90 Å². The molecule has 0 aromatic rings. The van der Waals surface area contributed by atoms with Gasteiger partial charge in [0, 0.05) is 25.2 Å². The average molecular weight is 214 g/mol. The van der Waals surface area contributed by atoms with Crippen LogP contribution in [0.3, 0.4) is 0 Å². The van der Waals surface area contributed by atoms with Gasteiger partial charge in [0.05, 0.1) is 0 Å². The summed E-state index contributed by atoms with van der Waals surface area (Å²) in [5.74, 6) is 0. The smallest absolute Gasteiger partial charge is 0.410 e. The van der Waals surface area contributed by atoms with E-state index in [2.05, 4.69) is 12.2 Å². The van der Waals surface area contributed by atoms with E-state index in [4.69, 9.17) is 4.74 Å². The first-order valence-corrected chi connectivity index (χ1v) is 5.52. The van der Waals surface area contributed by atoms with Gasteiger partial charge in [-0.25, -0.2) is 4.79 Å². The summed E-state index contributed by atoms with van der Waals surface area (Å²) in [6, 6.07) is 0.546. The zero-order chi connectivity index (χ0) is 11.6. The van der Waals surface area contributed by atoms with Gasteiger partial charge in [-0.1, -0.05) is 0 Å². The Labute approximate surface area is 92.0 Å². The molecule has 0 aliphatic carbocycles. The quantitative estimate of drug-likeness (QED) is 0.666. The molecule has 4 heteroatoms. The summed E-state index contributed by atoms with van der Waals surface area (Å²) in [5, 5.41) is 3.33. The molecule has 1 rings (SSSR count). The first kappa shape index (κ1) is 12.3. The zero-order valence-electron chi connectivity index (χ0n) is 10.3. The van der Waals surface area contributed by atoms with Crippen molar-refractivity contribution in [3.8, 4) is 0 Å². The highest BCUT2D eigenvalue weighted by Gasteiger charge is 2.29. The molecule has 15 heavy (non-hydrogen) atoms. The third kappa shape index (κ3) is 3.70. The van der Waals surface area contributed by atoms with Gasteiger partial charge in [-0.05, 0) is 34.6 Å². The van der Waals surface area contributed by atoms with E-state index >= 15 is 0 Å². The van der Waals surface area contributed by atoms with E-state index in [0.717, 1.165) is 13.1 Å². The first-order valence-electron chi connectivity index (χ1n) is 5.52. The van der Waals surface area contributed by atoms with Crippen LogP contribution in [0.15, 0.2) is 0 Å². The highest BCUT2D eigenvalue weighted by Crippen LogP contribution is 2.14. The second kappa shape index (κ2) is 4.39. The summed E-state index contributed by atoms with van der Waals surface area (Å²) in [6.07, 6.45) is -0.205. The summed E-state index contributed by atoms with van der Waals surface area (Å²) in [7, 11) is 0. The minimum atomic E-state index is -0.412. The van der Waals surface area contributed by atoms with Crippen LogP contribution in [0.25, 0.3) is 0 Å². The molecule has 1 aliphatic heterocycles. The number of ether oxygens (including phenoxy) is 1. The monoisotopic (exact) mass is 214 g/mol. The Morgan fingerprint density at radius 2 is 2.00 bits per heavy atom. The van der Waals surface area contributed by atoms with Crippen molar-refractivity contribution in [2.45, 2.75) is 52.3 Å². The van der Waals surface area contributed by atoms with Crippen LogP contribution in [-0.4, -0.2) is 41.8 Å². The number of piperazine rings is 1. The minimum Gasteiger partial charge on any atom is -0.444 e. The fourth-order valence-corrected chi connectivity index (χ4v) is 1.60. The van der Waals surface area contributed by atoms with Crippen LogP contribution >= 0.6 is 0 Å². The fourth-order valence-electron chi connectivity index (χ4n) is 1.60. The molecule has 1 N–H and O–H groups in total. The molecular formula is C11H22N2O2. The second-order valence-electron chi connectivity index (χ2n) is 5.29. The van der Waals surface area contributed by atoms with Gasteiger partial charge in [0.1, 0.15) is 5.60 Å². The largest absolute Gasteiger partial charge is 0.444 e. The lowest BCUT2D eigenvalue weighted by atomic mass is 10.1. The predicted molar refractivity (Wildman–Crippen MR) is 59.9 cm³/mol. The Morgan fingerprint density at radius 1 is 1.40 bits per heavy atom. The standard InChI is InChI=1S/C11H22N2O2/c1-8-7-13(9(2)6-12-8)10(14)15-11(3,4)5/h8-9,12H,6-7H2,1-5H3/t8?,9-/m1/s1. The molecule has 0 aromatic heterocycles. The second-order valence-corrected chi connectivity index (χ2v) is 5.29. The van der Waals surface area contributed by atoms with Gasteiger partial charge in [-0.2, -0.15) is 0 Å². The van der Waals surface area contributed by atoms with Crippen LogP contribution in [0.2, 0.25) is 0 Å². The molecule has 0 spiro atoms. The van der Waals surface area contributed by atoms with E-state index < -0.39 is 5.60 Å². The molecule has 1 unspecified atom stereocenters. The number of hydrogen-bond donors (Lipinski definition) is 1. The van der Waals surface area contributed by atoms with Crippen molar-refractivity contribution < 1.29 is 9.53 Å². The van der Waals surface area contributed by atoms with E-state index in [1.807, 2.05) is 27.7 Å². The maximum Gasteiger partial charge on any atom is 0.410 e. The van der Waals surface area contributed by atoms with E-state index in [1.165, 1.54) is 0 Å². The van der Waals surface area contributed by atoms with Crippen molar-refractivity contribution in [3.63, 3.8) is 0 Å². The maximum absolute atomic E-state index is 11.8. The molecule has 1 saturated heterocycles. The Hall–Kier alpha value is -0.770. The Bertz CT molecular complexity index is 235. The highest BCUT2D eigenvalue weighted by molar-refractivity contribution is 5.68. The van der Waals surface area contributed by atoms with Crippen molar-refractivity contribution in [2.75, 3.05) is 13.1 Å². The molecule has 2 atom stereocenters. The van der Waals surface area contributed by atoms with Crippen LogP contribution < -0.4 is 5.32 Å². The highest BCUT2D eigenvalue weighted by atomic mass is 16.6. The molecule has 1 aliphatic rings. The number of amides is 1. The van der Waals surface area contributed by atoms with Crippen LogP contribution in [0.5, 0.6) is 0 Å². The number of carbonyl (C=O) groups excluding carboxylic acids is 1. The van der Waals surface area contributed by atoms with Crippen molar-refractivity contribution in [1.82, 2.24) is 10.2 Å². The number of nitrogens with one attached hydrogen (secondary N) is 1. The van der Waals surface area contributed by atoms with E-state index in [-0.39, 0.29) is 12.1 Å². The molecule has 1 fully saturated rings.